The summed E-state index contributed by atoms with van der Waals surface area (Å²) in [6.45, 7) is 5.03. The van der Waals surface area contributed by atoms with Crippen LogP contribution in [0.2, 0.25) is 0 Å². The van der Waals surface area contributed by atoms with Gasteiger partial charge in [0.1, 0.15) is 5.82 Å². The number of benzene rings is 1. The summed E-state index contributed by atoms with van der Waals surface area (Å²) in [5, 5.41) is 3.50. The Morgan fingerprint density at radius 3 is 2.94 bits per heavy atom. The Labute approximate surface area is 109 Å². The van der Waals surface area contributed by atoms with Crippen molar-refractivity contribution in [1.29, 1.82) is 0 Å². The van der Waals surface area contributed by atoms with Crippen LogP contribution in [0, 0.1) is 12.7 Å². The number of piperidine rings is 1. The quantitative estimate of drug-likeness (QED) is 0.884. The molecule has 0 saturated carbocycles. The predicted molar refractivity (Wildman–Crippen MR) is 73.1 cm³/mol. The largest absolute Gasteiger partial charge is 0.311 e. The highest BCUT2D eigenvalue weighted by Crippen LogP contribution is 2.14. The van der Waals surface area contributed by atoms with Crippen LogP contribution in [-0.4, -0.2) is 31.1 Å². The number of halogens is 1. The van der Waals surface area contributed by atoms with Crippen LogP contribution in [-0.2, 0) is 6.54 Å². The number of hydrogen-bond donors (Lipinski definition) is 1. The smallest absolute Gasteiger partial charge is 0.123 e. The maximum Gasteiger partial charge on any atom is 0.123 e. The van der Waals surface area contributed by atoms with Gasteiger partial charge in [0, 0.05) is 19.1 Å². The molecule has 1 aliphatic heterocycles. The first-order valence-corrected chi connectivity index (χ1v) is 6.83. The SMILES string of the molecule is Cc1cc(F)ccc1CNCC1CCCCN1C. The number of likely N-dealkylation sites (N-methyl/N-ethyl adjacent to an activating group) is 1. The van der Waals surface area contributed by atoms with E-state index in [4.69, 9.17) is 0 Å². The zero-order valence-corrected chi connectivity index (χ0v) is 11.4. The van der Waals surface area contributed by atoms with Crippen molar-refractivity contribution < 1.29 is 4.39 Å². The Kier molecular flexibility index (Phi) is 4.72. The van der Waals surface area contributed by atoms with E-state index in [-0.39, 0.29) is 5.82 Å². The lowest BCUT2D eigenvalue weighted by molar-refractivity contribution is 0.181. The fraction of sp³-hybridized carbons (Fsp3) is 0.600. The monoisotopic (exact) mass is 250 g/mol. The summed E-state index contributed by atoms with van der Waals surface area (Å²) in [5.74, 6) is -0.150. The van der Waals surface area contributed by atoms with Gasteiger partial charge in [-0.15, -0.1) is 0 Å². The normalized spacial score (nSPS) is 21.2. The second-order valence-electron chi connectivity index (χ2n) is 5.33. The van der Waals surface area contributed by atoms with Crippen molar-refractivity contribution in [2.24, 2.45) is 0 Å². The molecule has 1 saturated heterocycles. The third-order valence-electron chi connectivity index (χ3n) is 3.92. The first-order valence-electron chi connectivity index (χ1n) is 6.83. The minimum Gasteiger partial charge on any atom is -0.311 e. The van der Waals surface area contributed by atoms with Crippen molar-refractivity contribution in [3.8, 4) is 0 Å². The van der Waals surface area contributed by atoms with Crippen LogP contribution in [0.4, 0.5) is 4.39 Å². The standard InChI is InChI=1S/C15H23FN2/c1-12-9-14(16)7-6-13(12)10-17-11-15-5-3-4-8-18(15)2/h6-7,9,15,17H,3-5,8,10-11H2,1-2H3. The fourth-order valence-corrected chi connectivity index (χ4v) is 2.63. The summed E-state index contributed by atoms with van der Waals surface area (Å²) in [4.78, 5) is 2.44. The number of rotatable bonds is 4. The van der Waals surface area contributed by atoms with Crippen molar-refractivity contribution in [2.45, 2.75) is 38.8 Å². The number of nitrogens with one attached hydrogen (secondary N) is 1. The van der Waals surface area contributed by atoms with Crippen molar-refractivity contribution in [3.63, 3.8) is 0 Å². The van der Waals surface area contributed by atoms with Gasteiger partial charge in [-0.25, -0.2) is 4.39 Å². The van der Waals surface area contributed by atoms with E-state index in [9.17, 15) is 4.39 Å². The van der Waals surface area contributed by atoms with Gasteiger partial charge in [-0.3, -0.25) is 0 Å². The Morgan fingerprint density at radius 1 is 1.39 bits per heavy atom. The van der Waals surface area contributed by atoms with Crippen molar-refractivity contribution in [3.05, 3.63) is 35.1 Å². The summed E-state index contributed by atoms with van der Waals surface area (Å²) in [6, 6.07) is 5.67. The molecule has 2 nitrogen and oxygen atoms in total. The van der Waals surface area contributed by atoms with Crippen LogP contribution in [0.5, 0.6) is 0 Å². The summed E-state index contributed by atoms with van der Waals surface area (Å²) in [7, 11) is 2.20. The lowest BCUT2D eigenvalue weighted by Crippen LogP contribution is -2.42. The number of aryl methyl sites for hydroxylation is 1. The molecule has 0 spiro atoms. The first-order chi connectivity index (χ1) is 8.66. The van der Waals surface area contributed by atoms with Gasteiger partial charge in [0.25, 0.3) is 0 Å². The van der Waals surface area contributed by atoms with Gasteiger partial charge in [0.15, 0.2) is 0 Å². The maximum absolute atomic E-state index is 13.0. The average molecular weight is 250 g/mol. The fourth-order valence-electron chi connectivity index (χ4n) is 2.63. The van der Waals surface area contributed by atoms with E-state index in [0.717, 1.165) is 18.7 Å². The molecule has 3 heteroatoms. The summed E-state index contributed by atoms with van der Waals surface area (Å²) >= 11 is 0. The Balaban J connectivity index is 1.81. The third kappa shape index (κ3) is 3.53. The molecule has 1 aromatic rings. The lowest BCUT2D eigenvalue weighted by atomic mass is 10.0. The van der Waals surface area contributed by atoms with Crippen LogP contribution < -0.4 is 5.32 Å². The van der Waals surface area contributed by atoms with E-state index >= 15 is 0 Å². The minimum atomic E-state index is -0.150. The molecule has 1 unspecified atom stereocenters. The van der Waals surface area contributed by atoms with Gasteiger partial charge in [0.05, 0.1) is 0 Å². The molecule has 1 fully saturated rings. The second-order valence-corrected chi connectivity index (χ2v) is 5.33. The van der Waals surface area contributed by atoms with E-state index in [1.165, 1.54) is 37.4 Å². The molecule has 0 radical (unpaired) electrons. The van der Waals surface area contributed by atoms with Gasteiger partial charge in [-0.2, -0.15) is 0 Å². The molecule has 1 N–H and O–H groups in total. The molecule has 100 valence electrons. The van der Waals surface area contributed by atoms with E-state index in [2.05, 4.69) is 17.3 Å². The van der Waals surface area contributed by atoms with Crippen LogP contribution in [0.15, 0.2) is 18.2 Å². The van der Waals surface area contributed by atoms with Crippen LogP contribution in [0.25, 0.3) is 0 Å². The Hall–Kier alpha value is -0.930. The Bertz CT molecular complexity index is 392. The maximum atomic E-state index is 13.0. The van der Waals surface area contributed by atoms with E-state index in [1.54, 1.807) is 6.07 Å². The number of nitrogens with zero attached hydrogens (tertiary/aromatic N) is 1. The van der Waals surface area contributed by atoms with Gasteiger partial charge in [0.2, 0.25) is 0 Å². The van der Waals surface area contributed by atoms with Crippen molar-refractivity contribution >= 4 is 0 Å². The van der Waals surface area contributed by atoms with Gasteiger partial charge >= 0.3 is 0 Å². The molecule has 1 heterocycles. The summed E-state index contributed by atoms with van der Waals surface area (Å²) in [6.07, 6.45) is 3.95. The van der Waals surface area contributed by atoms with Crippen LogP contribution in [0.3, 0.4) is 0 Å². The van der Waals surface area contributed by atoms with Crippen LogP contribution in [0.1, 0.15) is 30.4 Å². The highest BCUT2D eigenvalue weighted by molar-refractivity contribution is 5.26. The third-order valence-corrected chi connectivity index (χ3v) is 3.92. The van der Waals surface area contributed by atoms with Crippen molar-refractivity contribution in [1.82, 2.24) is 10.2 Å². The minimum absolute atomic E-state index is 0.150. The zero-order valence-electron chi connectivity index (χ0n) is 11.4. The molecule has 0 aromatic heterocycles. The summed E-state index contributed by atoms with van der Waals surface area (Å²) < 4.78 is 13.0. The Morgan fingerprint density at radius 2 is 2.22 bits per heavy atom. The number of likely N-dealkylation sites (tertiary alicyclic amines) is 1. The first kappa shape index (κ1) is 13.5. The molecule has 1 atom stereocenters. The molecule has 2 rings (SSSR count). The molecule has 0 bridgehead atoms. The van der Waals surface area contributed by atoms with E-state index in [0.29, 0.717) is 6.04 Å². The molecule has 1 aromatic carbocycles. The van der Waals surface area contributed by atoms with Gasteiger partial charge < -0.3 is 10.2 Å². The van der Waals surface area contributed by atoms with Crippen LogP contribution >= 0.6 is 0 Å². The highest BCUT2D eigenvalue weighted by Gasteiger charge is 2.17. The van der Waals surface area contributed by atoms with Gasteiger partial charge in [-0.1, -0.05) is 12.5 Å². The number of hydrogen-bond acceptors (Lipinski definition) is 2. The predicted octanol–water partition coefficient (Wildman–Crippen LogP) is 2.71. The van der Waals surface area contributed by atoms with Crippen molar-refractivity contribution in [2.75, 3.05) is 20.1 Å². The second kappa shape index (κ2) is 6.30. The van der Waals surface area contributed by atoms with E-state index < -0.39 is 0 Å². The molecule has 0 amide bonds. The topological polar surface area (TPSA) is 15.3 Å². The molecular weight excluding hydrogens is 227 g/mol. The highest BCUT2D eigenvalue weighted by atomic mass is 19.1. The lowest BCUT2D eigenvalue weighted by Gasteiger charge is -2.32. The molecule has 18 heavy (non-hydrogen) atoms. The van der Waals surface area contributed by atoms with E-state index in [1.807, 2.05) is 13.0 Å². The zero-order chi connectivity index (χ0) is 13.0. The molecule has 0 aliphatic carbocycles. The molecule has 1 aliphatic rings. The average Bonchev–Trinajstić information content (AvgIpc) is 2.34. The van der Waals surface area contributed by atoms with Gasteiger partial charge in [-0.05, 0) is 56.6 Å². The molecular formula is C15H23FN2. The summed E-state index contributed by atoms with van der Waals surface area (Å²) in [5.41, 5.74) is 2.22.